The van der Waals surface area contributed by atoms with E-state index in [0.29, 0.717) is 13.1 Å². The van der Waals surface area contributed by atoms with Crippen LogP contribution >= 0.6 is 22.6 Å². The van der Waals surface area contributed by atoms with E-state index in [2.05, 4.69) is 22.6 Å². The fraction of sp³-hybridized carbons (Fsp3) is 0.462. The number of hydrogen-bond acceptors (Lipinski definition) is 2. The van der Waals surface area contributed by atoms with Gasteiger partial charge in [-0.2, -0.15) is 0 Å². The lowest BCUT2D eigenvalue weighted by atomic mass is 10.1. The molecule has 0 saturated carbocycles. The highest BCUT2D eigenvalue weighted by atomic mass is 127. The van der Waals surface area contributed by atoms with Crippen LogP contribution in [0.5, 0.6) is 0 Å². The SMILES string of the molecule is CC1CN(C(=O)c2cccc(I)c2)CC(C)O1. The molecule has 0 aliphatic carbocycles. The van der Waals surface area contributed by atoms with Crippen LogP contribution in [0.4, 0.5) is 0 Å². The molecule has 1 amide bonds. The van der Waals surface area contributed by atoms with E-state index in [-0.39, 0.29) is 18.1 Å². The zero-order valence-corrected chi connectivity index (χ0v) is 12.2. The Kier molecular flexibility index (Phi) is 4.04. The first-order valence-electron chi connectivity index (χ1n) is 5.76. The molecule has 1 aliphatic rings. The lowest BCUT2D eigenvalue weighted by Gasteiger charge is -2.35. The van der Waals surface area contributed by atoms with Gasteiger partial charge in [-0.25, -0.2) is 0 Å². The van der Waals surface area contributed by atoms with Crippen molar-refractivity contribution in [1.82, 2.24) is 4.90 Å². The number of ether oxygens (including phenoxy) is 1. The number of rotatable bonds is 1. The van der Waals surface area contributed by atoms with Gasteiger partial charge in [-0.05, 0) is 54.6 Å². The highest BCUT2D eigenvalue weighted by Crippen LogP contribution is 2.15. The van der Waals surface area contributed by atoms with E-state index >= 15 is 0 Å². The molecule has 17 heavy (non-hydrogen) atoms. The van der Waals surface area contributed by atoms with E-state index in [1.54, 1.807) is 0 Å². The number of amides is 1. The van der Waals surface area contributed by atoms with E-state index in [1.807, 2.05) is 43.0 Å². The predicted octanol–water partition coefficient (Wildman–Crippen LogP) is 2.54. The Morgan fingerprint density at radius 2 is 2.00 bits per heavy atom. The Morgan fingerprint density at radius 3 is 2.59 bits per heavy atom. The number of morpholine rings is 1. The molecule has 0 radical (unpaired) electrons. The minimum atomic E-state index is 0.102. The molecule has 3 nitrogen and oxygen atoms in total. The number of halogens is 1. The van der Waals surface area contributed by atoms with Crippen LogP contribution in [0.1, 0.15) is 24.2 Å². The van der Waals surface area contributed by atoms with Crippen LogP contribution in [0.15, 0.2) is 24.3 Å². The van der Waals surface area contributed by atoms with Crippen molar-refractivity contribution in [3.63, 3.8) is 0 Å². The van der Waals surface area contributed by atoms with Crippen LogP contribution in [0.25, 0.3) is 0 Å². The average Bonchev–Trinajstić information content (AvgIpc) is 2.26. The molecule has 2 atom stereocenters. The molecule has 1 saturated heterocycles. The van der Waals surface area contributed by atoms with Gasteiger partial charge in [0.25, 0.3) is 5.91 Å². The molecule has 1 aromatic rings. The summed E-state index contributed by atoms with van der Waals surface area (Å²) in [6, 6.07) is 7.70. The van der Waals surface area contributed by atoms with Crippen molar-refractivity contribution in [2.75, 3.05) is 13.1 Å². The van der Waals surface area contributed by atoms with Crippen LogP contribution in [0, 0.1) is 3.57 Å². The number of nitrogens with zero attached hydrogens (tertiary/aromatic N) is 1. The fourth-order valence-corrected chi connectivity index (χ4v) is 2.69. The Hall–Kier alpha value is -0.620. The molecule has 2 unspecified atom stereocenters. The molecule has 1 heterocycles. The lowest BCUT2D eigenvalue weighted by molar-refractivity contribution is -0.0586. The Balaban J connectivity index is 2.14. The van der Waals surface area contributed by atoms with Gasteiger partial charge in [-0.3, -0.25) is 4.79 Å². The standard InChI is InChI=1S/C13H16INO2/c1-9-7-15(8-10(2)17-9)13(16)11-4-3-5-12(14)6-11/h3-6,9-10H,7-8H2,1-2H3. The molecule has 92 valence electrons. The van der Waals surface area contributed by atoms with Gasteiger partial charge in [0.1, 0.15) is 0 Å². The maximum Gasteiger partial charge on any atom is 0.254 e. The summed E-state index contributed by atoms with van der Waals surface area (Å²) >= 11 is 2.22. The highest BCUT2D eigenvalue weighted by Gasteiger charge is 2.26. The number of hydrogen-bond donors (Lipinski definition) is 0. The molecule has 4 heteroatoms. The minimum absolute atomic E-state index is 0.102. The Labute approximate surface area is 115 Å². The number of carbonyl (C=O) groups excluding carboxylic acids is 1. The van der Waals surface area contributed by atoms with Gasteiger partial charge in [0.2, 0.25) is 0 Å². The minimum Gasteiger partial charge on any atom is -0.372 e. The third-order valence-electron chi connectivity index (χ3n) is 2.78. The molecular formula is C13H16INO2. The predicted molar refractivity (Wildman–Crippen MR) is 75.1 cm³/mol. The van der Waals surface area contributed by atoms with Crippen molar-refractivity contribution >= 4 is 28.5 Å². The van der Waals surface area contributed by atoms with Gasteiger partial charge in [0.05, 0.1) is 12.2 Å². The van der Waals surface area contributed by atoms with Crippen LogP contribution in [-0.4, -0.2) is 36.1 Å². The van der Waals surface area contributed by atoms with Gasteiger partial charge in [0.15, 0.2) is 0 Å². The normalized spacial score (nSPS) is 24.8. The van der Waals surface area contributed by atoms with Gasteiger partial charge in [0, 0.05) is 22.2 Å². The van der Waals surface area contributed by atoms with Crippen molar-refractivity contribution in [2.45, 2.75) is 26.1 Å². The largest absolute Gasteiger partial charge is 0.372 e. The summed E-state index contributed by atoms with van der Waals surface area (Å²) in [5.41, 5.74) is 0.762. The first kappa shape index (κ1) is 12.8. The second kappa shape index (κ2) is 5.35. The van der Waals surface area contributed by atoms with E-state index in [9.17, 15) is 4.79 Å². The molecule has 0 aromatic heterocycles. The van der Waals surface area contributed by atoms with E-state index in [4.69, 9.17) is 4.74 Å². The summed E-state index contributed by atoms with van der Waals surface area (Å²) in [7, 11) is 0. The second-order valence-electron chi connectivity index (χ2n) is 4.48. The Bertz CT molecular complexity index is 412. The number of carbonyl (C=O) groups is 1. The molecule has 0 bridgehead atoms. The number of benzene rings is 1. The summed E-state index contributed by atoms with van der Waals surface area (Å²) in [5, 5.41) is 0. The van der Waals surface area contributed by atoms with Crippen LogP contribution in [-0.2, 0) is 4.74 Å². The molecular weight excluding hydrogens is 329 g/mol. The van der Waals surface area contributed by atoms with E-state index < -0.39 is 0 Å². The van der Waals surface area contributed by atoms with Crippen molar-refractivity contribution in [2.24, 2.45) is 0 Å². The van der Waals surface area contributed by atoms with Crippen LogP contribution in [0.3, 0.4) is 0 Å². The van der Waals surface area contributed by atoms with Gasteiger partial charge >= 0.3 is 0 Å². The van der Waals surface area contributed by atoms with Crippen LogP contribution in [0.2, 0.25) is 0 Å². The third-order valence-corrected chi connectivity index (χ3v) is 3.45. The highest BCUT2D eigenvalue weighted by molar-refractivity contribution is 14.1. The first-order valence-corrected chi connectivity index (χ1v) is 6.84. The summed E-state index contributed by atoms with van der Waals surface area (Å²) in [6.45, 7) is 5.36. The van der Waals surface area contributed by atoms with Crippen molar-refractivity contribution in [3.05, 3.63) is 33.4 Å². The lowest BCUT2D eigenvalue weighted by Crippen LogP contribution is -2.48. The molecule has 1 fully saturated rings. The van der Waals surface area contributed by atoms with Gasteiger partial charge in [-0.1, -0.05) is 6.07 Å². The summed E-state index contributed by atoms with van der Waals surface area (Å²) in [5.74, 6) is 0.102. The molecule has 0 spiro atoms. The second-order valence-corrected chi connectivity index (χ2v) is 5.72. The maximum absolute atomic E-state index is 12.3. The van der Waals surface area contributed by atoms with Crippen molar-refractivity contribution < 1.29 is 9.53 Å². The zero-order chi connectivity index (χ0) is 12.4. The zero-order valence-electron chi connectivity index (χ0n) is 10.0. The van der Waals surface area contributed by atoms with E-state index in [1.165, 1.54) is 0 Å². The molecule has 2 rings (SSSR count). The fourth-order valence-electron chi connectivity index (χ4n) is 2.15. The smallest absolute Gasteiger partial charge is 0.254 e. The average molecular weight is 345 g/mol. The third kappa shape index (κ3) is 3.19. The Morgan fingerprint density at radius 1 is 1.35 bits per heavy atom. The van der Waals surface area contributed by atoms with Crippen molar-refractivity contribution in [3.8, 4) is 0 Å². The van der Waals surface area contributed by atoms with E-state index in [0.717, 1.165) is 9.13 Å². The monoisotopic (exact) mass is 345 g/mol. The summed E-state index contributed by atoms with van der Waals surface area (Å²) in [6.07, 6.45) is 0.232. The van der Waals surface area contributed by atoms with Crippen LogP contribution < -0.4 is 0 Å². The molecule has 1 aromatic carbocycles. The molecule has 1 aliphatic heterocycles. The van der Waals surface area contributed by atoms with Gasteiger partial charge in [-0.15, -0.1) is 0 Å². The van der Waals surface area contributed by atoms with Gasteiger partial charge < -0.3 is 9.64 Å². The maximum atomic E-state index is 12.3. The molecule has 0 N–H and O–H groups in total. The first-order chi connectivity index (χ1) is 8.06. The summed E-state index contributed by atoms with van der Waals surface area (Å²) in [4.78, 5) is 14.2. The van der Waals surface area contributed by atoms with Crippen molar-refractivity contribution in [1.29, 1.82) is 0 Å². The quantitative estimate of drug-likeness (QED) is 0.732. The topological polar surface area (TPSA) is 29.5 Å². The summed E-state index contributed by atoms with van der Waals surface area (Å²) < 4.78 is 6.72.